The molecule has 9 heteroatoms. The first-order valence-electron chi connectivity index (χ1n) is 7.85. The molecule has 1 aromatic heterocycles. The zero-order valence-corrected chi connectivity index (χ0v) is 16.5. The zero-order valence-electron chi connectivity index (χ0n) is 14.3. The Labute approximate surface area is 162 Å². The monoisotopic (exact) mass is 472 g/mol. The Hall–Kier alpha value is -2.14. The average molecular weight is 472 g/mol. The van der Waals surface area contributed by atoms with Crippen molar-refractivity contribution in [3.63, 3.8) is 0 Å². The molecular weight excluding hydrogens is 454 g/mol. The molecule has 0 bridgehead atoms. The van der Waals surface area contributed by atoms with Gasteiger partial charge in [-0.3, -0.25) is 13.9 Å². The van der Waals surface area contributed by atoms with Gasteiger partial charge in [0.2, 0.25) is 0 Å². The molecule has 1 aliphatic rings. The van der Waals surface area contributed by atoms with Crippen molar-refractivity contribution in [3.8, 4) is 0 Å². The minimum atomic E-state index is -0.521. The lowest BCUT2D eigenvalue weighted by atomic mass is 10.1. The van der Waals surface area contributed by atoms with Gasteiger partial charge in [-0.1, -0.05) is 6.58 Å². The van der Waals surface area contributed by atoms with Crippen LogP contribution in [-0.2, 0) is 18.8 Å². The molecule has 0 saturated carbocycles. The summed E-state index contributed by atoms with van der Waals surface area (Å²) in [6.45, 7) is 4.95. The summed E-state index contributed by atoms with van der Waals surface area (Å²) in [6, 6.07) is 4.69. The predicted octanol–water partition coefficient (Wildman–Crippen LogP) is 1.53. The van der Waals surface area contributed by atoms with Crippen molar-refractivity contribution in [2.75, 3.05) is 18.5 Å². The van der Waals surface area contributed by atoms with E-state index >= 15 is 0 Å². The highest BCUT2D eigenvalue weighted by molar-refractivity contribution is 14.1. The number of rotatable bonds is 5. The SMILES string of the molecule is C=C(NC1COC1)c1c(Nc2ccc(I)cc2F)n(C)c(=O)n(C)c1=O. The molecule has 1 aromatic carbocycles. The van der Waals surface area contributed by atoms with Crippen LogP contribution in [0.15, 0.2) is 34.4 Å². The molecule has 0 atom stereocenters. The number of anilines is 2. The number of ether oxygens (including phenoxy) is 1. The van der Waals surface area contributed by atoms with Crippen molar-refractivity contribution in [3.05, 3.63) is 60.6 Å². The maximum atomic E-state index is 14.3. The fourth-order valence-corrected chi connectivity index (χ4v) is 3.07. The van der Waals surface area contributed by atoms with E-state index in [-0.39, 0.29) is 23.1 Å². The van der Waals surface area contributed by atoms with Crippen LogP contribution in [0.1, 0.15) is 5.56 Å². The first-order valence-corrected chi connectivity index (χ1v) is 8.93. The number of halogens is 2. The van der Waals surface area contributed by atoms with Gasteiger partial charge in [0.1, 0.15) is 17.2 Å². The van der Waals surface area contributed by atoms with Gasteiger partial charge in [0.15, 0.2) is 0 Å². The van der Waals surface area contributed by atoms with Crippen molar-refractivity contribution in [2.24, 2.45) is 14.1 Å². The summed E-state index contributed by atoms with van der Waals surface area (Å²) in [6.07, 6.45) is 0. The summed E-state index contributed by atoms with van der Waals surface area (Å²) < 4.78 is 22.4. The summed E-state index contributed by atoms with van der Waals surface area (Å²) in [5.74, 6) is -0.308. The van der Waals surface area contributed by atoms with E-state index in [4.69, 9.17) is 4.74 Å². The summed E-state index contributed by atoms with van der Waals surface area (Å²) in [7, 11) is 2.90. The van der Waals surface area contributed by atoms with E-state index < -0.39 is 17.1 Å². The number of nitrogens with one attached hydrogen (secondary N) is 2. The van der Waals surface area contributed by atoms with Crippen LogP contribution >= 0.6 is 22.6 Å². The first kappa shape index (κ1) is 18.6. The third kappa shape index (κ3) is 3.40. The van der Waals surface area contributed by atoms with Crippen LogP contribution in [0.4, 0.5) is 15.9 Å². The van der Waals surface area contributed by atoms with E-state index in [9.17, 15) is 14.0 Å². The lowest BCUT2D eigenvalue weighted by Gasteiger charge is -2.29. The van der Waals surface area contributed by atoms with Gasteiger partial charge >= 0.3 is 5.69 Å². The van der Waals surface area contributed by atoms with E-state index in [0.717, 1.165) is 8.14 Å². The normalized spacial score (nSPS) is 14.0. The highest BCUT2D eigenvalue weighted by Gasteiger charge is 2.24. The van der Waals surface area contributed by atoms with Crippen LogP contribution in [0.2, 0.25) is 0 Å². The molecular formula is C17H18FIN4O3. The van der Waals surface area contributed by atoms with Gasteiger partial charge in [-0.05, 0) is 40.8 Å². The Kier molecular flexibility index (Phi) is 5.19. The van der Waals surface area contributed by atoms with Crippen LogP contribution in [0.3, 0.4) is 0 Å². The Morgan fingerprint density at radius 3 is 2.58 bits per heavy atom. The van der Waals surface area contributed by atoms with Crippen molar-refractivity contribution >= 4 is 39.8 Å². The maximum Gasteiger partial charge on any atom is 0.332 e. The van der Waals surface area contributed by atoms with E-state index in [2.05, 4.69) is 17.2 Å². The summed E-state index contributed by atoms with van der Waals surface area (Å²) >= 11 is 2.00. The smallest absolute Gasteiger partial charge is 0.332 e. The van der Waals surface area contributed by atoms with Gasteiger partial charge in [-0.15, -0.1) is 0 Å². The Morgan fingerprint density at radius 1 is 1.31 bits per heavy atom. The molecule has 2 aromatic rings. The predicted molar refractivity (Wildman–Crippen MR) is 106 cm³/mol. The third-order valence-corrected chi connectivity index (χ3v) is 4.84. The number of hydrogen-bond donors (Lipinski definition) is 2. The molecule has 3 rings (SSSR count). The van der Waals surface area contributed by atoms with Crippen LogP contribution in [0.5, 0.6) is 0 Å². The molecule has 26 heavy (non-hydrogen) atoms. The van der Waals surface area contributed by atoms with E-state index in [1.54, 1.807) is 12.1 Å². The van der Waals surface area contributed by atoms with Gasteiger partial charge in [-0.25, -0.2) is 9.18 Å². The van der Waals surface area contributed by atoms with Crippen LogP contribution in [-0.4, -0.2) is 28.4 Å². The maximum absolute atomic E-state index is 14.3. The molecule has 1 aliphatic heterocycles. The molecule has 2 heterocycles. The number of benzene rings is 1. The highest BCUT2D eigenvalue weighted by atomic mass is 127. The summed E-state index contributed by atoms with van der Waals surface area (Å²) in [5.41, 5.74) is -0.344. The van der Waals surface area contributed by atoms with Crippen molar-refractivity contribution in [2.45, 2.75) is 6.04 Å². The molecule has 7 nitrogen and oxygen atoms in total. The quantitative estimate of drug-likeness (QED) is 0.646. The Bertz CT molecular complexity index is 995. The first-order chi connectivity index (χ1) is 12.3. The van der Waals surface area contributed by atoms with E-state index in [1.165, 1.54) is 24.7 Å². The number of nitrogens with zero attached hydrogens (tertiary/aromatic N) is 2. The lowest BCUT2D eigenvalue weighted by Crippen LogP contribution is -2.47. The van der Waals surface area contributed by atoms with Crippen LogP contribution in [0, 0.1) is 9.39 Å². The molecule has 0 unspecified atom stereocenters. The molecule has 0 amide bonds. The topological polar surface area (TPSA) is 77.3 Å². The zero-order chi connectivity index (χ0) is 19.0. The minimum Gasteiger partial charge on any atom is -0.377 e. The van der Waals surface area contributed by atoms with Crippen molar-refractivity contribution in [1.29, 1.82) is 0 Å². The molecule has 2 N–H and O–H groups in total. The summed E-state index contributed by atoms with van der Waals surface area (Å²) in [4.78, 5) is 25.0. The van der Waals surface area contributed by atoms with Crippen molar-refractivity contribution < 1.29 is 9.13 Å². The number of hydrogen-bond acceptors (Lipinski definition) is 5. The van der Waals surface area contributed by atoms with E-state index in [1.807, 2.05) is 22.6 Å². The van der Waals surface area contributed by atoms with Crippen LogP contribution in [0.25, 0.3) is 5.70 Å². The molecule has 1 fully saturated rings. The minimum absolute atomic E-state index is 0.0485. The second-order valence-electron chi connectivity index (χ2n) is 6.04. The van der Waals surface area contributed by atoms with E-state index in [0.29, 0.717) is 18.9 Å². The molecule has 138 valence electrons. The fraction of sp³-hybridized carbons (Fsp3) is 0.294. The Morgan fingerprint density at radius 2 is 2.00 bits per heavy atom. The molecule has 0 radical (unpaired) electrons. The standard InChI is InChI=1S/C17H18FIN4O3/c1-9(20-11-7-26-8-11)14-15(22(2)17(25)23(3)16(14)24)21-13-5-4-10(19)6-12(13)18/h4-6,11,20-21H,1,7-8H2,2-3H3. The largest absolute Gasteiger partial charge is 0.377 e. The van der Waals surface area contributed by atoms with Gasteiger partial charge in [0.05, 0.1) is 24.9 Å². The van der Waals surface area contributed by atoms with Gasteiger partial charge in [-0.2, -0.15) is 0 Å². The van der Waals surface area contributed by atoms with Crippen molar-refractivity contribution in [1.82, 2.24) is 14.5 Å². The summed E-state index contributed by atoms with van der Waals surface area (Å²) in [5, 5.41) is 5.99. The van der Waals surface area contributed by atoms with Gasteiger partial charge < -0.3 is 15.4 Å². The van der Waals surface area contributed by atoms with Gasteiger partial charge in [0.25, 0.3) is 5.56 Å². The number of aromatic nitrogens is 2. The second-order valence-corrected chi connectivity index (χ2v) is 7.28. The lowest BCUT2D eigenvalue weighted by molar-refractivity contribution is 0.00208. The fourth-order valence-electron chi connectivity index (χ4n) is 2.62. The highest BCUT2D eigenvalue weighted by Crippen LogP contribution is 2.24. The molecule has 0 aliphatic carbocycles. The van der Waals surface area contributed by atoms with Crippen LogP contribution < -0.4 is 21.9 Å². The Balaban J connectivity index is 2.11. The van der Waals surface area contributed by atoms with Gasteiger partial charge in [0, 0.05) is 23.4 Å². The second kappa shape index (κ2) is 7.23. The average Bonchev–Trinajstić information content (AvgIpc) is 2.56. The molecule has 1 saturated heterocycles. The molecule has 0 spiro atoms. The third-order valence-electron chi connectivity index (χ3n) is 4.17.